The molecular weight excluding hydrogens is 482 g/mol. The lowest BCUT2D eigenvalue weighted by atomic mass is 9.87. The number of benzene rings is 2. The summed E-state index contributed by atoms with van der Waals surface area (Å²) >= 11 is 0. The summed E-state index contributed by atoms with van der Waals surface area (Å²) < 4.78 is 48.9. The summed E-state index contributed by atoms with van der Waals surface area (Å²) in [7, 11) is -6.83. The fourth-order valence-electron chi connectivity index (χ4n) is 3.93. The average Bonchev–Trinajstić information content (AvgIpc) is 2.83. The Morgan fingerprint density at radius 1 is 0.800 bits per heavy atom. The molecule has 2 aromatic heterocycles. The summed E-state index contributed by atoms with van der Waals surface area (Å²) in [5.74, 6) is 0.317. The predicted octanol–water partition coefficient (Wildman–Crippen LogP) is 4.40. The Kier molecular flexibility index (Phi) is 7.00. The number of nitrogens with one attached hydrogen (secondary N) is 1. The average molecular weight is 508 g/mol. The molecule has 4 rings (SSSR count). The third-order valence-corrected chi connectivity index (χ3v) is 7.90. The van der Waals surface area contributed by atoms with Crippen LogP contribution in [0, 0.1) is 0 Å². The maximum atomic E-state index is 12.3. The molecule has 0 aliphatic carbocycles. The Bertz CT molecular complexity index is 1550. The molecule has 2 aromatic carbocycles. The fraction of sp³-hybridized carbons (Fsp3) is 0.154. The molecule has 0 spiro atoms. The van der Waals surface area contributed by atoms with Gasteiger partial charge in [0.2, 0.25) is 0 Å². The molecular formula is C26H25N3O4S2. The molecule has 1 unspecified atom stereocenters. The van der Waals surface area contributed by atoms with Crippen LogP contribution < -0.4 is 5.32 Å². The van der Waals surface area contributed by atoms with Gasteiger partial charge in [-0.3, -0.25) is 4.98 Å². The molecule has 1 atom stereocenters. The highest BCUT2D eigenvalue weighted by molar-refractivity contribution is 7.91. The number of hydrogen-bond acceptors (Lipinski definition) is 7. The molecule has 0 amide bonds. The van der Waals surface area contributed by atoms with Crippen molar-refractivity contribution in [1.29, 1.82) is 0 Å². The summed E-state index contributed by atoms with van der Waals surface area (Å²) in [4.78, 5) is 9.16. The van der Waals surface area contributed by atoms with Gasteiger partial charge in [0.25, 0.3) is 0 Å². The van der Waals surface area contributed by atoms with Crippen LogP contribution in [0.25, 0.3) is 0 Å². The monoisotopic (exact) mass is 507 g/mol. The Hall–Kier alpha value is -3.56. The van der Waals surface area contributed by atoms with E-state index in [1.165, 1.54) is 12.5 Å². The number of rotatable bonds is 8. The van der Waals surface area contributed by atoms with E-state index >= 15 is 0 Å². The van der Waals surface area contributed by atoms with E-state index in [0.29, 0.717) is 17.9 Å². The smallest absolute Gasteiger partial charge is 0.177 e. The van der Waals surface area contributed by atoms with E-state index < -0.39 is 19.7 Å². The van der Waals surface area contributed by atoms with Gasteiger partial charge in [-0.1, -0.05) is 36.4 Å². The van der Waals surface area contributed by atoms with Crippen molar-refractivity contribution < 1.29 is 16.8 Å². The second-order valence-corrected chi connectivity index (χ2v) is 12.3. The minimum atomic E-state index is -3.45. The minimum absolute atomic E-state index is 0.182. The van der Waals surface area contributed by atoms with Crippen molar-refractivity contribution in [1.82, 2.24) is 9.97 Å². The summed E-state index contributed by atoms with van der Waals surface area (Å²) in [6.45, 7) is 0. The lowest BCUT2D eigenvalue weighted by Gasteiger charge is -2.21. The number of para-hydroxylation sites is 1. The van der Waals surface area contributed by atoms with Gasteiger partial charge < -0.3 is 5.32 Å². The molecule has 0 bridgehead atoms. The van der Waals surface area contributed by atoms with Crippen molar-refractivity contribution >= 4 is 31.2 Å². The number of hydrogen-bond donors (Lipinski definition) is 1. The summed E-state index contributed by atoms with van der Waals surface area (Å²) in [6, 6.07) is 21.1. The van der Waals surface area contributed by atoms with Crippen molar-refractivity contribution in [2.45, 2.75) is 22.1 Å². The molecule has 180 valence electrons. The number of pyridine rings is 2. The maximum Gasteiger partial charge on any atom is 0.177 e. The minimum Gasteiger partial charge on any atom is -0.339 e. The van der Waals surface area contributed by atoms with E-state index in [2.05, 4.69) is 15.3 Å². The predicted molar refractivity (Wildman–Crippen MR) is 136 cm³/mol. The summed E-state index contributed by atoms with van der Waals surface area (Å²) in [5, 5.41) is 3.19. The Labute approximate surface area is 205 Å². The third-order valence-electron chi connectivity index (χ3n) is 5.63. The summed E-state index contributed by atoms with van der Waals surface area (Å²) in [6.07, 6.45) is 7.93. The van der Waals surface area contributed by atoms with Crippen molar-refractivity contribution in [3.8, 4) is 0 Å². The Morgan fingerprint density at radius 2 is 1.54 bits per heavy atom. The number of anilines is 2. The van der Waals surface area contributed by atoms with E-state index in [0.717, 1.165) is 16.7 Å². The molecule has 0 saturated carbocycles. The summed E-state index contributed by atoms with van der Waals surface area (Å²) in [5.41, 5.74) is 3.03. The van der Waals surface area contributed by atoms with Crippen molar-refractivity contribution in [2.75, 3.05) is 17.8 Å². The van der Waals surface area contributed by atoms with Crippen LogP contribution in [0.5, 0.6) is 0 Å². The van der Waals surface area contributed by atoms with E-state index in [1.54, 1.807) is 61.1 Å². The molecule has 0 aliphatic rings. The first-order valence-corrected chi connectivity index (χ1v) is 14.6. The molecule has 7 nitrogen and oxygen atoms in total. The second-order valence-electron chi connectivity index (χ2n) is 8.29. The van der Waals surface area contributed by atoms with Crippen LogP contribution in [0.3, 0.4) is 0 Å². The molecule has 2 heterocycles. The SMILES string of the molecule is CS(=O)(=O)c1cccc(C(Cc2cccnc2Nc2ccccc2S(C)(=O)=O)c2cccnc2)c1. The van der Waals surface area contributed by atoms with Crippen molar-refractivity contribution in [3.05, 3.63) is 108 Å². The molecule has 0 aliphatic heterocycles. The molecule has 1 N–H and O–H groups in total. The zero-order chi connectivity index (χ0) is 25.1. The molecule has 0 saturated heterocycles. The van der Waals surface area contributed by atoms with E-state index in [1.807, 2.05) is 30.3 Å². The number of aromatic nitrogens is 2. The van der Waals surface area contributed by atoms with Gasteiger partial charge in [-0.25, -0.2) is 21.8 Å². The third kappa shape index (κ3) is 5.93. The molecule has 9 heteroatoms. The van der Waals surface area contributed by atoms with Gasteiger partial charge in [-0.15, -0.1) is 0 Å². The molecule has 0 fully saturated rings. The zero-order valence-electron chi connectivity index (χ0n) is 19.3. The standard InChI is InChI=1S/C26H25N3O4S2/c1-34(30,31)22-11-5-8-19(16-22)23(21-10-6-14-27-18-21)17-20-9-7-15-28-26(20)29-24-12-3-4-13-25(24)35(2,32)33/h3-16,18,23H,17H2,1-2H3,(H,28,29). The maximum absolute atomic E-state index is 12.3. The first-order chi connectivity index (χ1) is 16.6. The van der Waals surface area contributed by atoms with Gasteiger partial charge in [-0.05, 0) is 59.5 Å². The van der Waals surface area contributed by atoms with Gasteiger partial charge in [0, 0.05) is 37.0 Å². The highest BCUT2D eigenvalue weighted by Crippen LogP contribution is 2.33. The zero-order valence-corrected chi connectivity index (χ0v) is 20.9. The van der Waals surface area contributed by atoms with Gasteiger partial charge >= 0.3 is 0 Å². The fourth-order valence-corrected chi connectivity index (χ4v) is 5.45. The lowest BCUT2D eigenvalue weighted by Crippen LogP contribution is -2.10. The highest BCUT2D eigenvalue weighted by atomic mass is 32.2. The van der Waals surface area contributed by atoms with Crippen LogP contribution >= 0.6 is 0 Å². The Balaban J connectivity index is 1.77. The molecule has 4 aromatic rings. The quantitative estimate of drug-likeness (QED) is 0.377. The number of sulfone groups is 2. The van der Waals surface area contributed by atoms with Crippen molar-refractivity contribution in [3.63, 3.8) is 0 Å². The first kappa shape index (κ1) is 24.6. The van der Waals surface area contributed by atoms with Crippen LogP contribution in [0.4, 0.5) is 11.5 Å². The normalized spacial score (nSPS) is 12.7. The lowest BCUT2D eigenvalue weighted by molar-refractivity contribution is 0.600. The molecule has 35 heavy (non-hydrogen) atoms. The van der Waals surface area contributed by atoms with Gasteiger partial charge in [-0.2, -0.15) is 0 Å². The largest absolute Gasteiger partial charge is 0.339 e. The van der Waals surface area contributed by atoms with Crippen LogP contribution in [-0.2, 0) is 26.1 Å². The van der Waals surface area contributed by atoms with Crippen LogP contribution in [0.2, 0.25) is 0 Å². The van der Waals surface area contributed by atoms with E-state index in [-0.39, 0.29) is 15.7 Å². The van der Waals surface area contributed by atoms with Gasteiger partial charge in [0.15, 0.2) is 19.7 Å². The van der Waals surface area contributed by atoms with Crippen molar-refractivity contribution in [2.24, 2.45) is 0 Å². The second kappa shape index (κ2) is 9.97. The van der Waals surface area contributed by atoms with Gasteiger partial charge in [0.1, 0.15) is 5.82 Å². The van der Waals surface area contributed by atoms with Crippen LogP contribution in [0.1, 0.15) is 22.6 Å². The first-order valence-electron chi connectivity index (χ1n) is 10.8. The highest BCUT2D eigenvalue weighted by Gasteiger charge is 2.20. The van der Waals surface area contributed by atoms with E-state index in [9.17, 15) is 16.8 Å². The van der Waals surface area contributed by atoms with Crippen LogP contribution in [-0.4, -0.2) is 39.3 Å². The Morgan fingerprint density at radius 3 is 2.26 bits per heavy atom. The van der Waals surface area contributed by atoms with Gasteiger partial charge in [0.05, 0.1) is 15.5 Å². The topological polar surface area (TPSA) is 106 Å². The van der Waals surface area contributed by atoms with E-state index in [4.69, 9.17) is 0 Å². The van der Waals surface area contributed by atoms with Crippen LogP contribution in [0.15, 0.2) is 101 Å². The molecule has 0 radical (unpaired) electrons. The number of nitrogens with zero attached hydrogens (tertiary/aromatic N) is 2.